The predicted octanol–water partition coefficient (Wildman–Crippen LogP) is 1.70. The number of hydrogen-bond acceptors (Lipinski definition) is 2. The summed E-state index contributed by atoms with van der Waals surface area (Å²) < 4.78 is 0. The Morgan fingerprint density at radius 3 is 2.27 bits per heavy atom. The summed E-state index contributed by atoms with van der Waals surface area (Å²) in [6.45, 7) is 6.92. The summed E-state index contributed by atoms with van der Waals surface area (Å²) in [5.74, 6) is 0.235. The number of rotatable bonds is 7. The third-order valence-corrected chi connectivity index (χ3v) is 2.12. The smallest absolute Gasteiger partial charge is 0.314 e. The van der Waals surface area contributed by atoms with Crippen molar-refractivity contribution < 1.29 is 9.59 Å². The van der Waals surface area contributed by atoms with Gasteiger partial charge in [0.15, 0.2) is 0 Å². The van der Waals surface area contributed by atoms with E-state index in [0.29, 0.717) is 19.5 Å². The van der Waals surface area contributed by atoms with Crippen molar-refractivity contribution in [1.29, 1.82) is 0 Å². The van der Waals surface area contributed by atoms with Crippen LogP contribution in [0.25, 0.3) is 0 Å². The topological polar surface area (TPSA) is 58.2 Å². The molecule has 0 saturated heterocycles. The van der Waals surface area contributed by atoms with Crippen molar-refractivity contribution in [1.82, 2.24) is 10.6 Å². The van der Waals surface area contributed by atoms with Gasteiger partial charge in [-0.05, 0) is 6.42 Å². The molecule has 4 nitrogen and oxygen atoms in total. The van der Waals surface area contributed by atoms with E-state index < -0.39 is 0 Å². The Morgan fingerprint density at radius 2 is 1.73 bits per heavy atom. The highest BCUT2D eigenvalue weighted by atomic mass is 16.2. The summed E-state index contributed by atoms with van der Waals surface area (Å²) in [6.07, 6.45) is 2.46. The van der Waals surface area contributed by atoms with Crippen LogP contribution < -0.4 is 10.6 Å². The monoisotopic (exact) mass is 214 g/mol. The minimum Gasteiger partial charge on any atom is -0.338 e. The van der Waals surface area contributed by atoms with Gasteiger partial charge in [0.2, 0.25) is 0 Å². The highest BCUT2D eigenvalue weighted by Gasteiger charge is 2.07. The van der Waals surface area contributed by atoms with Gasteiger partial charge in [-0.1, -0.05) is 27.2 Å². The van der Waals surface area contributed by atoms with E-state index in [0.717, 1.165) is 12.8 Å². The van der Waals surface area contributed by atoms with E-state index in [2.05, 4.69) is 17.6 Å². The molecule has 0 bridgehead atoms. The van der Waals surface area contributed by atoms with Crippen LogP contribution in [0.4, 0.5) is 4.79 Å². The normalized spacial score (nSPS) is 10.1. The molecule has 0 aliphatic carbocycles. The molecule has 0 unspecified atom stereocenters. The fourth-order valence-electron chi connectivity index (χ4n) is 1.03. The van der Waals surface area contributed by atoms with E-state index in [1.54, 1.807) is 0 Å². The lowest BCUT2D eigenvalue weighted by atomic mass is 10.1. The van der Waals surface area contributed by atoms with Crippen LogP contribution in [0.3, 0.4) is 0 Å². The summed E-state index contributed by atoms with van der Waals surface area (Å²) in [7, 11) is 0. The van der Waals surface area contributed by atoms with Gasteiger partial charge >= 0.3 is 6.03 Å². The Morgan fingerprint density at radius 1 is 1.13 bits per heavy atom. The van der Waals surface area contributed by atoms with E-state index in [1.165, 1.54) is 0 Å². The highest BCUT2D eigenvalue weighted by Crippen LogP contribution is 1.96. The molecule has 0 spiro atoms. The number of carbonyl (C=O) groups excluding carboxylic acids is 2. The molecule has 0 aromatic carbocycles. The number of ketones is 1. The zero-order valence-electron chi connectivity index (χ0n) is 9.93. The molecular weight excluding hydrogens is 192 g/mol. The van der Waals surface area contributed by atoms with Gasteiger partial charge in [0, 0.05) is 25.4 Å². The molecule has 0 heterocycles. The minimum absolute atomic E-state index is 0.0509. The van der Waals surface area contributed by atoms with E-state index >= 15 is 0 Å². The van der Waals surface area contributed by atoms with Crippen molar-refractivity contribution in [3.8, 4) is 0 Å². The second-order valence-electron chi connectivity index (χ2n) is 3.91. The molecule has 0 atom stereocenters. The maximum absolute atomic E-state index is 11.2. The van der Waals surface area contributed by atoms with Crippen LogP contribution in [0.2, 0.25) is 0 Å². The lowest BCUT2D eigenvalue weighted by Gasteiger charge is -2.07. The summed E-state index contributed by atoms with van der Waals surface area (Å²) in [6, 6.07) is -0.181. The van der Waals surface area contributed by atoms with Crippen LogP contribution in [0.15, 0.2) is 0 Å². The van der Waals surface area contributed by atoms with Crippen LogP contribution in [0, 0.1) is 5.92 Å². The standard InChI is InChI=1S/C11H22N2O2/c1-4-5-7-12-11(15)13-8-6-10(14)9(2)3/h9H,4-8H2,1-3H3,(H2,12,13,15). The molecule has 15 heavy (non-hydrogen) atoms. The second kappa shape index (κ2) is 8.26. The van der Waals surface area contributed by atoms with Crippen molar-refractivity contribution in [2.75, 3.05) is 13.1 Å². The summed E-state index contributed by atoms with van der Waals surface area (Å²) in [5, 5.41) is 5.38. The zero-order valence-corrected chi connectivity index (χ0v) is 9.93. The van der Waals surface area contributed by atoms with Crippen molar-refractivity contribution in [2.45, 2.75) is 40.0 Å². The molecule has 0 aromatic heterocycles. The molecule has 2 amide bonds. The van der Waals surface area contributed by atoms with E-state index in [1.807, 2.05) is 13.8 Å². The van der Waals surface area contributed by atoms with Gasteiger partial charge in [-0.2, -0.15) is 0 Å². The Labute approximate surface area is 91.8 Å². The lowest BCUT2D eigenvalue weighted by Crippen LogP contribution is -2.37. The zero-order chi connectivity index (χ0) is 11.7. The van der Waals surface area contributed by atoms with Crippen molar-refractivity contribution in [3.63, 3.8) is 0 Å². The summed E-state index contributed by atoms with van der Waals surface area (Å²) in [5.41, 5.74) is 0. The largest absolute Gasteiger partial charge is 0.338 e. The molecular formula is C11H22N2O2. The molecule has 0 fully saturated rings. The van der Waals surface area contributed by atoms with Crippen LogP contribution >= 0.6 is 0 Å². The first-order valence-corrected chi connectivity index (χ1v) is 5.62. The Hall–Kier alpha value is -1.06. The van der Waals surface area contributed by atoms with Gasteiger partial charge in [-0.3, -0.25) is 4.79 Å². The predicted molar refractivity (Wildman–Crippen MR) is 60.8 cm³/mol. The Kier molecular flexibility index (Phi) is 7.68. The van der Waals surface area contributed by atoms with Crippen molar-refractivity contribution >= 4 is 11.8 Å². The average Bonchev–Trinajstić information content (AvgIpc) is 2.18. The van der Waals surface area contributed by atoms with Crippen LogP contribution in [-0.2, 0) is 4.79 Å². The molecule has 0 aliphatic heterocycles. The first-order valence-electron chi connectivity index (χ1n) is 5.62. The fraction of sp³-hybridized carbons (Fsp3) is 0.818. The first-order chi connectivity index (χ1) is 7.07. The first kappa shape index (κ1) is 13.9. The van der Waals surface area contributed by atoms with Gasteiger partial charge in [-0.15, -0.1) is 0 Å². The second-order valence-corrected chi connectivity index (χ2v) is 3.91. The number of urea groups is 1. The molecule has 0 rings (SSSR count). The Balaban J connectivity index is 3.42. The van der Waals surface area contributed by atoms with Gasteiger partial charge < -0.3 is 10.6 Å². The molecule has 0 aromatic rings. The molecule has 2 N–H and O–H groups in total. The van der Waals surface area contributed by atoms with Crippen LogP contribution in [-0.4, -0.2) is 24.9 Å². The molecule has 88 valence electrons. The molecule has 4 heteroatoms. The van der Waals surface area contributed by atoms with Gasteiger partial charge in [0.1, 0.15) is 5.78 Å². The maximum Gasteiger partial charge on any atom is 0.314 e. The van der Waals surface area contributed by atoms with E-state index in [4.69, 9.17) is 0 Å². The number of hydrogen-bond donors (Lipinski definition) is 2. The highest BCUT2D eigenvalue weighted by molar-refractivity contribution is 5.81. The molecule has 0 aliphatic rings. The van der Waals surface area contributed by atoms with Crippen LogP contribution in [0.1, 0.15) is 40.0 Å². The minimum atomic E-state index is -0.181. The quantitative estimate of drug-likeness (QED) is 0.634. The number of amides is 2. The van der Waals surface area contributed by atoms with Gasteiger partial charge in [-0.25, -0.2) is 4.79 Å². The fourth-order valence-corrected chi connectivity index (χ4v) is 1.03. The van der Waals surface area contributed by atoms with Crippen LogP contribution in [0.5, 0.6) is 0 Å². The average molecular weight is 214 g/mol. The van der Waals surface area contributed by atoms with E-state index in [-0.39, 0.29) is 17.7 Å². The maximum atomic E-state index is 11.2. The molecule has 0 saturated carbocycles. The SMILES string of the molecule is CCCCNC(=O)NCCC(=O)C(C)C. The van der Waals surface area contributed by atoms with Gasteiger partial charge in [0.05, 0.1) is 0 Å². The van der Waals surface area contributed by atoms with Crippen molar-refractivity contribution in [3.05, 3.63) is 0 Å². The lowest BCUT2D eigenvalue weighted by molar-refractivity contribution is -0.121. The number of nitrogens with one attached hydrogen (secondary N) is 2. The third kappa shape index (κ3) is 7.97. The summed E-state index contributed by atoms with van der Waals surface area (Å²) >= 11 is 0. The summed E-state index contributed by atoms with van der Waals surface area (Å²) in [4.78, 5) is 22.3. The number of Topliss-reactive ketones (excluding diaryl/α,β-unsaturated/α-hetero) is 1. The van der Waals surface area contributed by atoms with Gasteiger partial charge in [0.25, 0.3) is 0 Å². The molecule has 0 radical (unpaired) electrons. The van der Waals surface area contributed by atoms with E-state index in [9.17, 15) is 9.59 Å². The third-order valence-electron chi connectivity index (χ3n) is 2.12. The Bertz CT molecular complexity index is 203. The van der Waals surface area contributed by atoms with Crippen molar-refractivity contribution in [2.24, 2.45) is 5.92 Å². The number of carbonyl (C=O) groups is 2. The number of unbranched alkanes of at least 4 members (excludes halogenated alkanes) is 1.